The van der Waals surface area contributed by atoms with Gasteiger partial charge in [0.1, 0.15) is 5.82 Å². The monoisotopic (exact) mass is 493 g/mol. The Bertz CT molecular complexity index is 1160. The molecule has 2 aromatic carbocycles. The van der Waals surface area contributed by atoms with Gasteiger partial charge in [-0.2, -0.15) is 0 Å². The molecule has 0 radical (unpaired) electrons. The molecule has 0 spiro atoms. The summed E-state index contributed by atoms with van der Waals surface area (Å²) in [5.41, 5.74) is 7.79. The lowest BCUT2D eigenvalue weighted by Crippen LogP contribution is -2.34. The van der Waals surface area contributed by atoms with E-state index in [0.717, 1.165) is 5.56 Å². The molecule has 1 aliphatic heterocycles. The maximum Gasteiger partial charge on any atom is 0.335 e. The number of hydrogen-bond donors (Lipinski definition) is 3. The van der Waals surface area contributed by atoms with Crippen molar-refractivity contribution in [3.8, 4) is 11.5 Å². The Morgan fingerprint density at radius 3 is 2.82 bits per heavy atom. The van der Waals surface area contributed by atoms with E-state index in [-0.39, 0.29) is 12.4 Å². The first kappa shape index (κ1) is 18.5. The first-order valence-corrected chi connectivity index (χ1v) is 9.53. The zero-order chi connectivity index (χ0) is 19.8. The SMILES string of the molecule is NC(I)/N=c1/c2ccc(C(=O)O)cc2nc(Cc2ccc3c(c2)OCO3)n1N. The molecule has 0 bridgehead atoms. The fourth-order valence-electron chi connectivity index (χ4n) is 3.00. The summed E-state index contributed by atoms with van der Waals surface area (Å²) in [4.78, 5) is 20.3. The molecule has 2 heterocycles. The van der Waals surface area contributed by atoms with Crippen molar-refractivity contribution in [2.24, 2.45) is 10.7 Å². The third-order valence-corrected chi connectivity index (χ3v) is 4.56. The number of alkyl halides is 1. The molecule has 9 nitrogen and oxygen atoms in total. The zero-order valence-corrected chi connectivity index (χ0v) is 16.7. The lowest BCUT2D eigenvalue weighted by Gasteiger charge is -2.12. The highest BCUT2D eigenvalue weighted by molar-refractivity contribution is 14.1. The smallest absolute Gasteiger partial charge is 0.335 e. The van der Waals surface area contributed by atoms with Crippen molar-refractivity contribution in [3.05, 3.63) is 58.8 Å². The Labute approximate surface area is 172 Å². The van der Waals surface area contributed by atoms with Crippen molar-refractivity contribution in [1.29, 1.82) is 0 Å². The van der Waals surface area contributed by atoms with E-state index < -0.39 is 10.1 Å². The van der Waals surface area contributed by atoms with Crippen LogP contribution in [-0.2, 0) is 6.42 Å². The van der Waals surface area contributed by atoms with E-state index in [9.17, 15) is 9.90 Å². The molecule has 10 heteroatoms. The number of carboxylic acid groups (broad SMARTS) is 1. The number of benzene rings is 2. The molecule has 144 valence electrons. The number of carbonyl (C=O) groups is 1. The van der Waals surface area contributed by atoms with Gasteiger partial charge in [0.2, 0.25) is 6.79 Å². The number of fused-ring (bicyclic) bond motifs is 2. The van der Waals surface area contributed by atoms with Gasteiger partial charge >= 0.3 is 5.97 Å². The van der Waals surface area contributed by atoms with Crippen LogP contribution in [0, 0.1) is 0 Å². The first-order valence-electron chi connectivity index (χ1n) is 8.28. The minimum absolute atomic E-state index is 0.133. The van der Waals surface area contributed by atoms with Gasteiger partial charge < -0.3 is 26.2 Å². The van der Waals surface area contributed by atoms with Crippen LogP contribution in [-0.4, -0.2) is 31.7 Å². The largest absolute Gasteiger partial charge is 0.478 e. The van der Waals surface area contributed by atoms with Gasteiger partial charge in [0, 0.05) is 11.8 Å². The highest BCUT2D eigenvalue weighted by atomic mass is 127. The fourth-order valence-corrected chi connectivity index (χ4v) is 3.26. The number of aromatic nitrogens is 2. The number of carboxylic acids is 1. The Morgan fingerprint density at radius 2 is 2.07 bits per heavy atom. The molecular formula is C18H16IN5O4. The molecule has 3 aromatic rings. The van der Waals surface area contributed by atoms with Gasteiger partial charge in [-0.1, -0.05) is 6.07 Å². The summed E-state index contributed by atoms with van der Waals surface area (Å²) in [6, 6.07) is 10.2. The number of nitrogens with two attached hydrogens (primary N) is 2. The maximum atomic E-state index is 11.3. The lowest BCUT2D eigenvalue weighted by molar-refractivity contribution is 0.0697. The van der Waals surface area contributed by atoms with E-state index in [1.54, 1.807) is 6.07 Å². The van der Waals surface area contributed by atoms with Gasteiger partial charge in [0.25, 0.3) is 0 Å². The van der Waals surface area contributed by atoms with Gasteiger partial charge in [-0.15, -0.1) is 0 Å². The molecule has 1 aliphatic rings. The minimum atomic E-state index is -1.03. The molecule has 1 atom stereocenters. The number of hydrogen-bond acceptors (Lipinski definition) is 7. The van der Waals surface area contributed by atoms with Crippen LogP contribution in [0.4, 0.5) is 0 Å². The van der Waals surface area contributed by atoms with Crippen LogP contribution < -0.4 is 26.5 Å². The minimum Gasteiger partial charge on any atom is -0.478 e. The molecule has 0 amide bonds. The number of halogens is 1. The third kappa shape index (κ3) is 3.47. The van der Waals surface area contributed by atoms with Crippen molar-refractivity contribution in [3.63, 3.8) is 0 Å². The molecule has 0 aliphatic carbocycles. The predicted molar refractivity (Wildman–Crippen MR) is 110 cm³/mol. The standard InChI is InChI=1S/C18H16IN5O4/c19-18(20)23-16-11-3-2-10(17(25)26)7-12(11)22-15(24(16)21)6-9-1-4-13-14(5-9)28-8-27-13/h1-5,7,18H,6,8,20-21H2,(H,25,26)/b23-16-. The van der Waals surface area contributed by atoms with Crippen LogP contribution in [0.25, 0.3) is 10.9 Å². The number of ether oxygens (including phenoxy) is 2. The topological polar surface area (TPSA) is 138 Å². The highest BCUT2D eigenvalue weighted by Crippen LogP contribution is 2.33. The summed E-state index contributed by atoms with van der Waals surface area (Å²) in [7, 11) is 0. The van der Waals surface area contributed by atoms with Crippen molar-refractivity contribution in [2.45, 2.75) is 10.6 Å². The molecule has 28 heavy (non-hydrogen) atoms. The normalized spacial score (nSPS) is 14.4. The molecule has 1 aromatic heterocycles. The Balaban J connectivity index is 1.87. The summed E-state index contributed by atoms with van der Waals surface area (Å²) < 4.78 is 11.6. The van der Waals surface area contributed by atoms with Gasteiger partial charge in [-0.05, 0) is 58.5 Å². The highest BCUT2D eigenvalue weighted by Gasteiger charge is 2.16. The Kier molecular flexibility index (Phi) is 4.81. The molecule has 5 N–H and O–H groups in total. The van der Waals surface area contributed by atoms with Gasteiger partial charge in [-0.3, -0.25) is 0 Å². The van der Waals surface area contributed by atoms with E-state index >= 15 is 0 Å². The van der Waals surface area contributed by atoms with Crippen LogP contribution in [0.2, 0.25) is 0 Å². The second kappa shape index (κ2) is 7.28. The van der Waals surface area contributed by atoms with E-state index in [2.05, 4.69) is 9.98 Å². The van der Waals surface area contributed by atoms with Crippen LogP contribution >= 0.6 is 22.6 Å². The van der Waals surface area contributed by atoms with Gasteiger partial charge in [-0.25, -0.2) is 19.4 Å². The second-order valence-corrected chi connectivity index (χ2v) is 7.40. The fraction of sp³-hybridized carbons (Fsp3) is 0.167. The van der Waals surface area contributed by atoms with Gasteiger partial charge in [0.15, 0.2) is 21.2 Å². The number of aromatic carboxylic acids is 1. The summed E-state index contributed by atoms with van der Waals surface area (Å²) >= 11 is 1.97. The summed E-state index contributed by atoms with van der Waals surface area (Å²) in [6.45, 7) is 0.193. The van der Waals surface area contributed by atoms with E-state index in [0.29, 0.717) is 40.1 Å². The summed E-state index contributed by atoms with van der Waals surface area (Å²) in [6.07, 6.45) is 0.388. The van der Waals surface area contributed by atoms with Crippen LogP contribution in [0.1, 0.15) is 21.7 Å². The molecule has 4 rings (SSSR count). The van der Waals surface area contributed by atoms with Crippen LogP contribution in [0.5, 0.6) is 11.5 Å². The van der Waals surface area contributed by atoms with E-state index in [4.69, 9.17) is 21.1 Å². The maximum absolute atomic E-state index is 11.3. The van der Waals surface area contributed by atoms with E-state index in [1.807, 2.05) is 40.8 Å². The molecule has 1 unspecified atom stereocenters. The van der Waals surface area contributed by atoms with Crippen molar-refractivity contribution in [2.75, 3.05) is 12.6 Å². The van der Waals surface area contributed by atoms with Gasteiger partial charge in [0.05, 0.1) is 11.1 Å². The van der Waals surface area contributed by atoms with Crippen molar-refractivity contribution in [1.82, 2.24) is 9.66 Å². The molecule has 0 saturated carbocycles. The average molecular weight is 493 g/mol. The lowest BCUT2D eigenvalue weighted by atomic mass is 10.1. The third-order valence-electron chi connectivity index (χ3n) is 4.29. The second-order valence-electron chi connectivity index (χ2n) is 6.12. The number of nitrogen functional groups attached to an aromatic ring is 1. The first-order chi connectivity index (χ1) is 13.4. The average Bonchev–Trinajstić information content (AvgIpc) is 3.12. The molecule has 0 saturated heterocycles. The molecular weight excluding hydrogens is 477 g/mol. The van der Waals surface area contributed by atoms with E-state index in [1.165, 1.54) is 16.8 Å². The molecule has 0 fully saturated rings. The number of rotatable bonds is 4. The quantitative estimate of drug-likeness (QED) is 0.216. The van der Waals surface area contributed by atoms with Crippen LogP contribution in [0.15, 0.2) is 41.4 Å². The Morgan fingerprint density at radius 1 is 1.29 bits per heavy atom. The van der Waals surface area contributed by atoms with Crippen LogP contribution in [0.3, 0.4) is 0 Å². The van der Waals surface area contributed by atoms with Crippen molar-refractivity contribution < 1.29 is 19.4 Å². The van der Waals surface area contributed by atoms with Crippen molar-refractivity contribution >= 4 is 39.5 Å². The predicted octanol–water partition coefficient (Wildman–Crippen LogP) is 1.35. The summed E-state index contributed by atoms with van der Waals surface area (Å²) in [5, 5.41) is 9.90. The zero-order valence-electron chi connectivity index (χ0n) is 14.5. The summed E-state index contributed by atoms with van der Waals surface area (Å²) in [5.74, 6) is 7.11. The Hall–Kier alpha value is -2.86. The number of nitrogens with zero attached hydrogens (tertiary/aromatic N) is 3.